The molecule has 0 bridgehead atoms. The molecule has 1 unspecified atom stereocenters. The van der Waals surface area contributed by atoms with Crippen molar-refractivity contribution in [1.29, 1.82) is 0 Å². The average Bonchev–Trinajstić information content (AvgIpc) is 1.65. The van der Waals surface area contributed by atoms with E-state index in [1.165, 1.54) is 13.8 Å². The highest BCUT2D eigenvalue weighted by Gasteiger charge is 2.33. The maximum Gasteiger partial charge on any atom is 0.245 e. The van der Waals surface area contributed by atoms with Crippen molar-refractivity contribution in [2.75, 3.05) is 0 Å². The molecule has 2 N–H and O–H groups in total. The lowest BCUT2D eigenvalue weighted by atomic mass is 9.87. The van der Waals surface area contributed by atoms with E-state index in [4.69, 9.17) is 5.73 Å². The Morgan fingerprint density at radius 3 is 1.60 bits per heavy atom. The molecule has 0 heterocycles. The molecule has 0 saturated heterocycles. The minimum Gasteiger partial charge on any atom is -0.327 e. The Labute approximate surface area is 66.4 Å². The SMILES string of the molecule is CC(N)C(C)(C)C(F)F.Cl. The van der Waals surface area contributed by atoms with Crippen LogP contribution in [0.5, 0.6) is 0 Å². The second kappa shape index (κ2) is 4.09. The van der Waals surface area contributed by atoms with Gasteiger partial charge in [-0.1, -0.05) is 13.8 Å². The van der Waals surface area contributed by atoms with E-state index in [2.05, 4.69) is 0 Å². The van der Waals surface area contributed by atoms with Crippen LogP contribution in [0, 0.1) is 5.41 Å². The predicted octanol–water partition coefficient (Wildman–Crippen LogP) is 2.05. The molecule has 0 aromatic carbocycles. The molecule has 0 saturated carbocycles. The van der Waals surface area contributed by atoms with E-state index < -0.39 is 17.9 Å². The minimum atomic E-state index is -2.34. The molecule has 1 atom stereocenters. The molecule has 0 fully saturated rings. The molecule has 0 aliphatic rings. The van der Waals surface area contributed by atoms with E-state index in [9.17, 15) is 8.78 Å². The molecule has 0 spiro atoms. The maximum atomic E-state index is 12.0. The summed E-state index contributed by atoms with van der Waals surface area (Å²) >= 11 is 0. The van der Waals surface area contributed by atoms with Crippen LogP contribution in [0.25, 0.3) is 0 Å². The van der Waals surface area contributed by atoms with Crippen molar-refractivity contribution in [3.63, 3.8) is 0 Å². The topological polar surface area (TPSA) is 26.0 Å². The Morgan fingerprint density at radius 2 is 1.60 bits per heavy atom. The molecule has 64 valence electrons. The van der Waals surface area contributed by atoms with E-state index in [-0.39, 0.29) is 12.4 Å². The summed E-state index contributed by atoms with van der Waals surface area (Å²) < 4.78 is 24.0. The van der Waals surface area contributed by atoms with Crippen molar-refractivity contribution in [2.45, 2.75) is 33.2 Å². The number of rotatable bonds is 2. The lowest BCUT2D eigenvalue weighted by Crippen LogP contribution is -2.39. The summed E-state index contributed by atoms with van der Waals surface area (Å²) in [7, 11) is 0. The molecule has 10 heavy (non-hydrogen) atoms. The summed E-state index contributed by atoms with van der Waals surface area (Å²) in [5.41, 5.74) is 4.24. The van der Waals surface area contributed by atoms with Gasteiger partial charge in [0.2, 0.25) is 6.43 Å². The second-order valence-electron chi connectivity index (χ2n) is 2.91. The smallest absolute Gasteiger partial charge is 0.245 e. The second-order valence-corrected chi connectivity index (χ2v) is 2.91. The van der Waals surface area contributed by atoms with Crippen LogP contribution in [0.15, 0.2) is 0 Å². The van der Waals surface area contributed by atoms with Crippen LogP contribution >= 0.6 is 12.4 Å². The molecular weight excluding hydrogens is 160 g/mol. The van der Waals surface area contributed by atoms with Gasteiger partial charge >= 0.3 is 0 Å². The first kappa shape index (κ1) is 12.8. The molecule has 0 aliphatic heterocycles. The number of nitrogens with two attached hydrogens (primary N) is 1. The van der Waals surface area contributed by atoms with Gasteiger partial charge in [-0.25, -0.2) is 8.78 Å². The van der Waals surface area contributed by atoms with Gasteiger partial charge in [0.25, 0.3) is 0 Å². The van der Waals surface area contributed by atoms with Gasteiger partial charge in [-0.2, -0.15) is 0 Å². The van der Waals surface area contributed by atoms with E-state index in [1.807, 2.05) is 0 Å². The van der Waals surface area contributed by atoms with E-state index in [0.29, 0.717) is 0 Å². The number of halogens is 3. The highest BCUT2D eigenvalue weighted by Crippen LogP contribution is 2.27. The van der Waals surface area contributed by atoms with Crippen LogP contribution in [-0.2, 0) is 0 Å². The van der Waals surface area contributed by atoms with Crippen molar-refractivity contribution in [1.82, 2.24) is 0 Å². The highest BCUT2D eigenvalue weighted by atomic mass is 35.5. The Morgan fingerprint density at radius 1 is 1.30 bits per heavy atom. The molecule has 4 heteroatoms. The Bertz CT molecular complexity index is 83.7. The van der Waals surface area contributed by atoms with Crippen LogP contribution in [0.1, 0.15) is 20.8 Å². The molecule has 1 nitrogen and oxygen atoms in total. The lowest BCUT2D eigenvalue weighted by Gasteiger charge is -2.27. The summed E-state index contributed by atoms with van der Waals surface area (Å²) in [6.07, 6.45) is -2.34. The van der Waals surface area contributed by atoms with Gasteiger partial charge in [-0.3, -0.25) is 0 Å². The molecule has 0 aromatic heterocycles. The zero-order chi connectivity index (χ0) is 7.65. The molecule has 0 aromatic rings. The number of hydrogen-bond acceptors (Lipinski definition) is 1. The van der Waals surface area contributed by atoms with Crippen LogP contribution in [0.3, 0.4) is 0 Å². The number of hydrogen-bond donors (Lipinski definition) is 1. The summed E-state index contributed by atoms with van der Waals surface area (Å²) in [6, 6.07) is -0.461. The van der Waals surface area contributed by atoms with Gasteiger partial charge in [-0.15, -0.1) is 12.4 Å². The highest BCUT2D eigenvalue weighted by molar-refractivity contribution is 5.85. The molecule has 0 rings (SSSR count). The fourth-order valence-electron chi connectivity index (χ4n) is 0.199. The lowest BCUT2D eigenvalue weighted by molar-refractivity contribution is 0.00632. The van der Waals surface area contributed by atoms with Crippen molar-refractivity contribution in [2.24, 2.45) is 11.1 Å². The normalized spacial score (nSPS) is 14.7. The fourth-order valence-corrected chi connectivity index (χ4v) is 0.199. The zero-order valence-corrected chi connectivity index (χ0v) is 7.21. The van der Waals surface area contributed by atoms with Crippen molar-refractivity contribution in [3.05, 3.63) is 0 Å². The van der Waals surface area contributed by atoms with E-state index in [0.717, 1.165) is 0 Å². The maximum absolute atomic E-state index is 12.0. The third kappa shape index (κ3) is 2.80. The Kier molecular flexibility index (Phi) is 5.21. The standard InChI is InChI=1S/C6H13F2N.ClH/c1-4(9)6(2,3)5(7)8;/h4-5H,9H2,1-3H3;1H. The Balaban J connectivity index is 0. The fraction of sp³-hybridized carbons (Fsp3) is 1.00. The monoisotopic (exact) mass is 173 g/mol. The first-order chi connectivity index (χ1) is 3.89. The van der Waals surface area contributed by atoms with Gasteiger partial charge < -0.3 is 5.73 Å². The predicted molar refractivity (Wildman–Crippen MR) is 40.7 cm³/mol. The third-order valence-electron chi connectivity index (χ3n) is 1.74. The summed E-state index contributed by atoms with van der Waals surface area (Å²) in [4.78, 5) is 0. The Hall–Kier alpha value is 0.110. The van der Waals surface area contributed by atoms with E-state index >= 15 is 0 Å². The molecule has 0 aliphatic carbocycles. The van der Waals surface area contributed by atoms with Crippen molar-refractivity contribution >= 4 is 12.4 Å². The number of alkyl halides is 2. The van der Waals surface area contributed by atoms with E-state index in [1.54, 1.807) is 6.92 Å². The van der Waals surface area contributed by atoms with Crippen LogP contribution < -0.4 is 5.73 Å². The van der Waals surface area contributed by atoms with Gasteiger partial charge in [0.05, 0.1) is 0 Å². The quantitative estimate of drug-likeness (QED) is 0.680. The average molecular weight is 174 g/mol. The van der Waals surface area contributed by atoms with Gasteiger partial charge in [0.15, 0.2) is 0 Å². The molecule has 0 amide bonds. The summed E-state index contributed by atoms with van der Waals surface area (Å²) in [5, 5.41) is 0. The van der Waals surface area contributed by atoms with Gasteiger partial charge in [-0.05, 0) is 6.92 Å². The van der Waals surface area contributed by atoms with Crippen molar-refractivity contribution < 1.29 is 8.78 Å². The zero-order valence-electron chi connectivity index (χ0n) is 6.40. The molecule has 0 radical (unpaired) electrons. The first-order valence-corrected chi connectivity index (χ1v) is 2.92. The third-order valence-corrected chi connectivity index (χ3v) is 1.74. The van der Waals surface area contributed by atoms with Gasteiger partial charge in [0, 0.05) is 11.5 Å². The summed E-state index contributed by atoms with van der Waals surface area (Å²) in [6.45, 7) is 4.51. The largest absolute Gasteiger partial charge is 0.327 e. The molecular formula is C6H14ClF2N. The van der Waals surface area contributed by atoms with Crippen molar-refractivity contribution in [3.8, 4) is 0 Å². The van der Waals surface area contributed by atoms with Gasteiger partial charge in [0.1, 0.15) is 0 Å². The van der Waals surface area contributed by atoms with Crippen LogP contribution in [0.2, 0.25) is 0 Å². The van der Waals surface area contributed by atoms with Crippen LogP contribution in [0.4, 0.5) is 8.78 Å². The van der Waals surface area contributed by atoms with Crippen LogP contribution in [-0.4, -0.2) is 12.5 Å². The first-order valence-electron chi connectivity index (χ1n) is 2.92. The minimum absolute atomic E-state index is 0. The summed E-state index contributed by atoms with van der Waals surface area (Å²) in [5.74, 6) is 0.